The minimum absolute atomic E-state index is 0.252. The van der Waals surface area contributed by atoms with E-state index in [1.165, 1.54) is 22.3 Å². The molecule has 0 bridgehead atoms. The summed E-state index contributed by atoms with van der Waals surface area (Å²) in [6.45, 7) is 14.3. The Kier molecular flexibility index (Phi) is 7.82. The van der Waals surface area contributed by atoms with Crippen LogP contribution in [0.1, 0.15) is 42.1 Å². The van der Waals surface area contributed by atoms with Gasteiger partial charge >= 0.3 is 0 Å². The first-order valence-corrected chi connectivity index (χ1v) is 7.56. The van der Waals surface area contributed by atoms with Crippen molar-refractivity contribution in [2.75, 3.05) is 33.0 Å². The first kappa shape index (κ1) is 17.2. The Labute approximate surface area is 123 Å². The molecule has 0 amide bonds. The summed E-state index contributed by atoms with van der Waals surface area (Å²) in [5.41, 5.74) is 5.36. The van der Waals surface area contributed by atoms with Crippen LogP contribution in [0.4, 0.5) is 0 Å². The molecular weight excluding hydrogens is 250 g/mol. The third kappa shape index (κ3) is 5.23. The van der Waals surface area contributed by atoms with Gasteiger partial charge in [-0.1, -0.05) is 24.6 Å². The Morgan fingerprint density at radius 1 is 1.00 bits per heavy atom. The first-order chi connectivity index (χ1) is 9.60. The van der Waals surface area contributed by atoms with Crippen LogP contribution in [-0.2, 0) is 9.47 Å². The van der Waals surface area contributed by atoms with E-state index in [1.807, 2.05) is 6.92 Å². The average molecular weight is 279 g/mol. The van der Waals surface area contributed by atoms with Crippen molar-refractivity contribution < 1.29 is 9.47 Å². The van der Waals surface area contributed by atoms with Gasteiger partial charge in [0.05, 0.1) is 25.9 Å². The summed E-state index contributed by atoms with van der Waals surface area (Å²) in [5, 5.41) is 3.53. The number of aryl methyl sites for hydroxylation is 3. The molecule has 0 saturated carbocycles. The van der Waals surface area contributed by atoms with Gasteiger partial charge < -0.3 is 14.8 Å². The van der Waals surface area contributed by atoms with Gasteiger partial charge in [-0.2, -0.15) is 0 Å². The van der Waals surface area contributed by atoms with Gasteiger partial charge in [0, 0.05) is 6.61 Å². The zero-order valence-corrected chi connectivity index (χ0v) is 13.6. The van der Waals surface area contributed by atoms with Crippen molar-refractivity contribution in [3.63, 3.8) is 0 Å². The highest BCUT2D eigenvalue weighted by Gasteiger charge is 2.15. The number of hydrogen-bond donors (Lipinski definition) is 1. The topological polar surface area (TPSA) is 30.5 Å². The van der Waals surface area contributed by atoms with Gasteiger partial charge in [0.1, 0.15) is 0 Å². The van der Waals surface area contributed by atoms with Crippen molar-refractivity contribution >= 4 is 0 Å². The molecule has 1 N–H and O–H groups in total. The Hall–Kier alpha value is -0.900. The molecule has 0 spiro atoms. The number of benzene rings is 1. The normalized spacial score (nSPS) is 12.7. The minimum atomic E-state index is 0.252. The van der Waals surface area contributed by atoms with Crippen molar-refractivity contribution in [3.05, 3.63) is 34.4 Å². The number of ether oxygens (including phenoxy) is 2. The summed E-state index contributed by atoms with van der Waals surface area (Å²) in [6.07, 6.45) is 0. The van der Waals surface area contributed by atoms with Crippen molar-refractivity contribution in [3.8, 4) is 0 Å². The molecule has 114 valence electrons. The smallest absolute Gasteiger partial charge is 0.0701 e. The van der Waals surface area contributed by atoms with Crippen molar-refractivity contribution in [2.45, 2.75) is 40.7 Å². The molecule has 0 aliphatic heterocycles. The van der Waals surface area contributed by atoms with E-state index in [9.17, 15) is 0 Å². The molecule has 0 radical (unpaired) electrons. The number of likely N-dealkylation sites (N-methyl/N-ethyl adjacent to an activating group) is 1. The van der Waals surface area contributed by atoms with Gasteiger partial charge in [-0.15, -0.1) is 0 Å². The number of rotatable bonds is 9. The SMILES string of the molecule is CCNC(COCCOCC)c1c(C)cc(C)cc1C. The Morgan fingerprint density at radius 3 is 2.15 bits per heavy atom. The van der Waals surface area contributed by atoms with Crippen LogP contribution in [0.15, 0.2) is 12.1 Å². The zero-order chi connectivity index (χ0) is 15.0. The summed E-state index contributed by atoms with van der Waals surface area (Å²) in [7, 11) is 0. The van der Waals surface area contributed by atoms with Crippen LogP contribution in [0.5, 0.6) is 0 Å². The lowest BCUT2D eigenvalue weighted by molar-refractivity contribution is 0.0434. The molecule has 1 unspecified atom stereocenters. The van der Waals surface area contributed by atoms with Gasteiger partial charge in [0.25, 0.3) is 0 Å². The molecule has 1 aromatic rings. The van der Waals surface area contributed by atoms with Crippen LogP contribution in [0.25, 0.3) is 0 Å². The van der Waals surface area contributed by atoms with Crippen LogP contribution >= 0.6 is 0 Å². The van der Waals surface area contributed by atoms with E-state index >= 15 is 0 Å². The highest BCUT2D eigenvalue weighted by atomic mass is 16.5. The Morgan fingerprint density at radius 2 is 1.60 bits per heavy atom. The van der Waals surface area contributed by atoms with E-state index in [4.69, 9.17) is 9.47 Å². The van der Waals surface area contributed by atoms with Gasteiger partial charge in [-0.3, -0.25) is 0 Å². The monoisotopic (exact) mass is 279 g/mol. The van der Waals surface area contributed by atoms with E-state index in [1.54, 1.807) is 0 Å². The maximum Gasteiger partial charge on any atom is 0.0701 e. The van der Waals surface area contributed by atoms with E-state index in [0.29, 0.717) is 19.8 Å². The molecule has 0 aromatic heterocycles. The molecule has 0 aliphatic carbocycles. The van der Waals surface area contributed by atoms with E-state index in [-0.39, 0.29) is 6.04 Å². The predicted molar refractivity (Wildman–Crippen MR) is 84.4 cm³/mol. The van der Waals surface area contributed by atoms with E-state index < -0.39 is 0 Å². The van der Waals surface area contributed by atoms with Gasteiger partial charge in [0.2, 0.25) is 0 Å². The largest absolute Gasteiger partial charge is 0.379 e. The molecule has 1 aromatic carbocycles. The maximum atomic E-state index is 5.76. The summed E-state index contributed by atoms with van der Waals surface area (Å²) in [4.78, 5) is 0. The molecule has 3 heteroatoms. The second-order valence-electron chi connectivity index (χ2n) is 5.19. The number of nitrogens with one attached hydrogen (secondary N) is 1. The summed E-state index contributed by atoms with van der Waals surface area (Å²) < 4.78 is 11.1. The summed E-state index contributed by atoms with van der Waals surface area (Å²) >= 11 is 0. The summed E-state index contributed by atoms with van der Waals surface area (Å²) in [6, 6.07) is 4.74. The molecule has 3 nitrogen and oxygen atoms in total. The molecule has 0 heterocycles. The van der Waals surface area contributed by atoms with Gasteiger partial charge in [-0.25, -0.2) is 0 Å². The molecule has 0 saturated heterocycles. The lowest BCUT2D eigenvalue weighted by Gasteiger charge is -2.23. The molecular formula is C17H29NO2. The second kappa shape index (κ2) is 9.11. The van der Waals surface area contributed by atoms with E-state index in [2.05, 4.69) is 45.1 Å². The van der Waals surface area contributed by atoms with Crippen molar-refractivity contribution in [1.29, 1.82) is 0 Å². The molecule has 1 atom stereocenters. The van der Waals surface area contributed by atoms with Crippen molar-refractivity contribution in [1.82, 2.24) is 5.32 Å². The van der Waals surface area contributed by atoms with Gasteiger partial charge in [0.15, 0.2) is 0 Å². The highest BCUT2D eigenvalue weighted by Crippen LogP contribution is 2.24. The lowest BCUT2D eigenvalue weighted by atomic mass is 9.94. The molecule has 1 rings (SSSR count). The summed E-state index contributed by atoms with van der Waals surface area (Å²) in [5.74, 6) is 0. The van der Waals surface area contributed by atoms with E-state index in [0.717, 1.165) is 13.2 Å². The van der Waals surface area contributed by atoms with Crippen LogP contribution in [-0.4, -0.2) is 33.0 Å². The molecule has 0 fully saturated rings. The predicted octanol–water partition coefficient (Wildman–Crippen LogP) is 3.32. The second-order valence-corrected chi connectivity index (χ2v) is 5.19. The standard InChI is InChI=1S/C17H29NO2/c1-6-18-16(12-20-9-8-19-7-2)17-14(4)10-13(3)11-15(17)5/h10-11,16,18H,6-9,12H2,1-5H3. The Balaban J connectivity index is 2.70. The maximum absolute atomic E-state index is 5.76. The van der Waals surface area contributed by atoms with Crippen LogP contribution in [0.2, 0.25) is 0 Å². The zero-order valence-electron chi connectivity index (χ0n) is 13.6. The first-order valence-electron chi connectivity index (χ1n) is 7.56. The third-order valence-electron chi connectivity index (χ3n) is 3.40. The minimum Gasteiger partial charge on any atom is -0.379 e. The van der Waals surface area contributed by atoms with Crippen LogP contribution < -0.4 is 5.32 Å². The van der Waals surface area contributed by atoms with Crippen LogP contribution in [0.3, 0.4) is 0 Å². The molecule has 0 aliphatic rings. The average Bonchev–Trinajstić information content (AvgIpc) is 2.37. The molecule has 20 heavy (non-hydrogen) atoms. The number of hydrogen-bond acceptors (Lipinski definition) is 3. The fraction of sp³-hybridized carbons (Fsp3) is 0.647. The van der Waals surface area contributed by atoms with Crippen LogP contribution in [0, 0.1) is 20.8 Å². The Bertz CT molecular complexity index is 381. The fourth-order valence-electron chi connectivity index (χ4n) is 2.69. The third-order valence-corrected chi connectivity index (χ3v) is 3.40. The fourth-order valence-corrected chi connectivity index (χ4v) is 2.69. The highest BCUT2D eigenvalue weighted by molar-refractivity contribution is 5.39. The quantitative estimate of drug-likeness (QED) is 0.703. The van der Waals surface area contributed by atoms with Gasteiger partial charge in [-0.05, 0) is 50.9 Å². The lowest BCUT2D eigenvalue weighted by Crippen LogP contribution is -2.27. The van der Waals surface area contributed by atoms with Crippen molar-refractivity contribution in [2.24, 2.45) is 0 Å².